The summed E-state index contributed by atoms with van der Waals surface area (Å²) >= 11 is 1.71. The number of thiophene rings is 1. The van der Waals surface area contributed by atoms with E-state index < -0.39 is 0 Å². The summed E-state index contributed by atoms with van der Waals surface area (Å²) in [7, 11) is 0. The molecule has 0 aliphatic carbocycles. The lowest BCUT2D eigenvalue weighted by Gasteiger charge is -2.14. The van der Waals surface area contributed by atoms with Crippen LogP contribution in [0.25, 0.3) is 0 Å². The van der Waals surface area contributed by atoms with E-state index in [4.69, 9.17) is 9.47 Å². The summed E-state index contributed by atoms with van der Waals surface area (Å²) in [5, 5.41) is 7.13. The molecule has 3 aromatic rings. The second kappa shape index (κ2) is 8.24. The number of fused-ring (bicyclic) bond motifs is 1. The van der Waals surface area contributed by atoms with Gasteiger partial charge in [0.2, 0.25) is 6.79 Å². The van der Waals surface area contributed by atoms with E-state index in [1.165, 1.54) is 10.4 Å². The lowest BCUT2D eigenvalue weighted by atomic mass is 10.1. The van der Waals surface area contributed by atoms with E-state index in [2.05, 4.69) is 34.2 Å². The number of quaternary nitrogens is 1. The third kappa shape index (κ3) is 4.30. The van der Waals surface area contributed by atoms with Crippen molar-refractivity contribution >= 4 is 17.2 Å². The minimum Gasteiger partial charge on any atom is -0.454 e. The molecule has 1 atom stereocenters. The Morgan fingerprint density at radius 2 is 1.93 bits per heavy atom. The predicted octanol–water partition coefficient (Wildman–Crippen LogP) is 2.45. The van der Waals surface area contributed by atoms with Crippen molar-refractivity contribution in [3.8, 4) is 11.5 Å². The number of nitrogens with one attached hydrogen (secondary N) is 1. The molecule has 2 heterocycles. The van der Waals surface area contributed by atoms with E-state index in [-0.39, 0.29) is 18.7 Å². The van der Waals surface area contributed by atoms with Gasteiger partial charge in [0.05, 0.1) is 4.88 Å². The van der Waals surface area contributed by atoms with Crippen LogP contribution in [-0.2, 0) is 11.3 Å². The Morgan fingerprint density at radius 1 is 1.07 bits per heavy atom. The van der Waals surface area contributed by atoms with Crippen LogP contribution in [0.5, 0.6) is 11.5 Å². The predicted molar refractivity (Wildman–Crippen MR) is 104 cm³/mol. The van der Waals surface area contributed by atoms with Gasteiger partial charge in [-0.2, -0.15) is 0 Å². The van der Waals surface area contributed by atoms with Gasteiger partial charge >= 0.3 is 0 Å². The van der Waals surface area contributed by atoms with Crippen molar-refractivity contribution in [1.29, 1.82) is 0 Å². The minimum absolute atomic E-state index is 0.00477. The lowest BCUT2D eigenvalue weighted by Crippen LogP contribution is -2.87. The number of hydrogen-bond donors (Lipinski definition) is 2. The molecular weight excluding hydrogens is 360 g/mol. The summed E-state index contributed by atoms with van der Waals surface area (Å²) in [4.78, 5) is 13.6. The van der Waals surface area contributed by atoms with E-state index in [9.17, 15) is 4.79 Å². The molecule has 3 N–H and O–H groups in total. The van der Waals surface area contributed by atoms with E-state index in [1.807, 2.05) is 42.5 Å². The second-order valence-corrected chi connectivity index (χ2v) is 7.29. The van der Waals surface area contributed by atoms with Gasteiger partial charge in [-0.3, -0.25) is 4.79 Å². The first-order chi connectivity index (χ1) is 13.3. The number of rotatable bonds is 7. The molecule has 1 amide bonds. The number of ether oxygens (including phenoxy) is 2. The molecule has 5 nitrogen and oxygen atoms in total. The van der Waals surface area contributed by atoms with Gasteiger partial charge < -0.3 is 20.1 Å². The molecule has 2 aromatic carbocycles. The topological polar surface area (TPSA) is 64.2 Å². The number of carbonyl (C=O) groups excluding carboxylic acids is 1. The SMILES string of the molecule is O=C(C[NH2+][C@H](c1ccccc1)c1cccs1)NCc1ccc2c(c1)OCO2. The molecule has 0 bridgehead atoms. The van der Waals surface area contributed by atoms with Gasteiger partial charge in [-0.05, 0) is 29.1 Å². The van der Waals surface area contributed by atoms with Gasteiger partial charge in [-0.25, -0.2) is 0 Å². The first-order valence-corrected chi connectivity index (χ1v) is 9.74. The highest BCUT2D eigenvalue weighted by molar-refractivity contribution is 7.10. The number of hydrogen-bond acceptors (Lipinski definition) is 4. The van der Waals surface area contributed by atoms with Crippen LogP contribution in [0.2, 0.25) is 0 Å². The van der Waals surface area contributed by atoms with Crippen molar-refractivity contribution in [1.82, 2.24) is 5.32 Å². The molecule has 1 aliphatic rings. The lowest BCUT2D eigenvalue weighted by molar-refractivity contribution is -0.676. The Labute approximate surface area is 161 Å². The average molecular weight is 381 g/mol. The van der Waals surface area contributed by atoms with Gasteiger partial charge in [0, 0.05) is 12.1 Å². The fourth-order valence-corrected chi connectivity index (χ4v) is 3.94. The van der Waals surface area contributed by atoms with Crippen molar-refractivity contribution in [2.45, 2.75) is 12.6 Å². The third-order valence-corrected chi connectivity index (χ3v) is 5.43. The smallest absolute Gasteiger partial charge is 0.275 e. The summed E-state index contributed by atoms with van der Waals surface area (Å²) < 4.78 is 10.7. The molecular formula is C21H21N2O3S+. The standard InChI is InChI=1S/C21H20N2O3S/c24-20(22-12-15-8-9-17-18(11-15)26-14-25-17)13-23-21(19-7-4-10-27-19)16-5-2-1-3-6-16/h1-11,21,23H,12-14H2,(H,22,24)/p+1/t21-/m1/s1. The Hall–Kier alpha value is -2.83. The van der Waals surface area contributed by atoms with Crippen LogP contribution in [0.4, 0.5) is 0 Å². The fourth-order valence-electron chi connectivity index (χ4n) is 3.09. The van der Waals surface area contributed by atoms with Gasteiger partial charge in [0.1, 0.15) is 6.04 Å². The van der Waals surface area contributed by atoms with Crippen molar-refractivity contribution < 1.29 is 19.6 Å². The highest BCUT2D eigenvalue weighted by Crippen LogP contribution is 2.32. The van der Waals surface area contributed by atoms with Gasteiger partial charge in [-0.1, -0.05) is 42.5 Å². The maximum atomic E-state index is 12.4. The minimum atomic E-state index is 0.00477. The van der Waals surface area contributed by atoms with E-state index in [1.54, 1.807) is 11.3 Å². The fraction of sp³-hybridized carbons (Fsp3) is 0.190. The summed E-state index contributed by atoms with van der Waals surface area (Å²) in [5.41, 5.74) is 2.19. The molecule has 1 aliphatic heterocycles. The molecule has 0 saturated carbocycles. The summed E-state index contributed by atoms with van der Waals surface area (Å²) in [6.07, 6.45) is 0. The van der Waals surface area contributed by atoms with Crippen LogP contribution < -0.4 is 20.1 Å². The largest absolute Gasteiger partial charge is 0.454 e. The van der Waals surface area contributed by atoms with Crippen molar-refractivity contribution in [2.24, 2.45) is 0 Å². The van der Waals surface area contributed by atoms with E-state index in [0.717, 1.165) is 17.1 Å². The monoisotopic (exact) mass is 381 g/mol. The van der Waals surface area contributed by atoms with Crippen LogP contribution in [0.3, 0.4) is 0 Å². The zero-order valence-corrected chi connectivity index (χ0v) is 15.6. The summed E-state index contributed by atoms with van der Waals surface area (Å²) in [5.74, 6) is 1.49. The number of amides is 1. The van der Waals surface area contributed by atoms with Crippen molar-refractivity contribution in [2.75, 3.05) is 13.3 Å². The third-order valence-electron chi connectivity index (χ3n) is 4.47. The first-order valence-electron chi connectivity index (χ1n) is 8.86. The zero-order chi connectivity index (χ0) is 18.5. The molecule has 1 aromatic heterocycles. The molecule has 6 heteroatoms. The van der Waals surface area contributed by atoms with E-state index in [0.29, 0.717) is 13.1 Å². The van der Waals surface area contributed by atoms with Crippen LogP contribution in [0.15, 0.2) is 66.0 Å². The quantitative estimate of drug-likeness (QED) is 0.661. The average Bonchev–Trinajstić information content (AvgIpc) is 3.39. The Morgan fingerprint density at radius 3 is 2.74 bits per heavy atom. The van der Waals surface area contributed by atoms with Crippen LogP contribution in [0, 0.1) is 0 Å². The Bertz CT molecular complexity index is 897. The summed E-state index contributed by atoms with van der Waals surface area (Å²) in [6.45, 7) is 1.09. The summed E-state index contributed by atoms with van der Waals surface area (Å²) in [6, 6.07) is 20.3. The maximum Gasteiger partial charge on any atom is 0.275 e. The molecule has 27 heavy (non-hydrogen) atoms. The van der Waals surface area contributed by atoms with Crippen molar-refractivity contribution in [3.05, 3.63) is 82.0 Å². The van der Waals surface area contributed by atoms with Crippen molar-refractivity contribution in [3.63, 3.8) is 0 Å². The molecule has 138 valence electrons. The second-order valence-electron chi connectivity index (χ2n) is 6.31. The van der Waals surface area contributed by atoms with Crippen LogP contribution in [-0.4, -0.2) is 19.2 Å². The normalized spacial score (nSPS) is 13.3. The highest BCUT2D eigenvalue weighted by Gasteiger charge is 2.20. The van der Waals surface area contributed by atoms with E-state index >= 15 is 0 Å². The van der Waals surface area contributed by atoms with Gasteiger partial charge in [-0.15, -0.1) is 11.3 Å². The number of benzene rings is 2. The molecule has 4 rings (SSSR count). The van der Waals surface area contributed by atoms with Crippen LogP contribution >= 0.6 is 11.3 Å². The molecule has 0 unspecified atom stereocenters. The number of carbonyl (C=O) groups is 1. The van der Waals surface area contributed by atoms with Crippen LogP contribution in [0.1, 0.15) is 22.0 Å². The van der Waals surface area contributed by atoms with Gasteiger partial charge in [0.15, 0.2) is 18.0 Å². The highest BCUT2D eigenvalue weighted by atomic mass is 32.1. The Balaban J connectivity index is 1.34. The Kier molecular flexibility index (Phi) is 5.37. The van der Waals surface area contributed by atoms with Gasteiger partial charge in [0.25, 0.3) is 5.91 Å². The molecule has 0 spiro atoms. The zero-order valence-electron chi connectivity index (χ0n) is 14.8. The molecule has 0 saturated heterocycles. The molecule has 0 radical (unpaired) electrons. The maximum absolute atomic E-state index is 12.4. The number of nitrogens with two attached hydrogens (primary N) is 1. The molecule has 0 fully saturated rings. The first kappa shape index (κ1) is 17.6.